The average molecular weight is 127 g/mol. The van der Waals surface area contributed by atoms with Crippen molar-refractivity contribution in [3.63, 3.8) is 0 Å². The number of carbonyl (C=O) groups is 1. The molecule has 1 radical (unpaired) electrons. The van der Waals surface area contributed by atoms with Crippen LogP contribution >= 0.6 is 11.3 Å². The Morgan fingerprint density at radius 2 is 2.75 bits per heavy atom. The molecule has 0 saturated carbocycles. The number of amides is 1. The normalized spacial score (nSPS) is 9.00. The summed E-state index contributed by atoms with van der Waals surface area (Å²) in [4.78, 5) is 13.7. The lowest BCUT2D eigenvalue weighted by atomic mass is 10.7. The van der Waals surface area contributed by atoms with E-state index in [2.05, 4.69) is 11.2 Å². The van der Waals surface area contributed by atoms with Crippen LogP contribution in [0.4, 0.5) is 0 Å². The molecule has 3 nitrogen and oxygen atoms in total. The minimum Gasteiger partial charge on any atom is -0.364 e. The van der Waals surface area contributed by atoms with Crippen LogP contribution in [-0.2, 0) is 0 Å². The van der Waals surface area contributed by atoms with Crippen molar-refractivity contribution in [2.75, 3.05) is 0 Å². The van der Waals surface area contributed by atoms with Crippen LogP contribution in [-0.4, -0.2) is 10.9 Å². The van der Waals surface area contributed by atoms with Crippen molar-refractivity contribution >= 4 is 17.2 Å². The molecular weight excluding hydrogens is 124 g/mol. The third-order valence-corrected chi connectivity index (χ3v) is 1.34. The van der Waals surface area contributed by atoms with Crippen molar-refractivity contribution in [2.24, 2.45) is 5.73 Å². The number of hydrogen-bond donors (Lipinski definition) is 1. The van der Waals surface area contributed by atoms with Crippen LogP contribution in [0.25, 0.3) is 0 Å². The zero-order valence-corrected chi connectivity index (χ0v) is 4.73. The van der Waals surface area contributed by atoms with Gasteiger partial charge in [0.1, 0.15) is 6.20 Å². The molecule has 1 amide bonds. The first-order valence-electron chi connectivity index (χ1n) is 1.92. The average Bonchev–Trinajstić information content (AvgIpc) is 2.12. The molecule has 0 aliphatic rings. The van der Waals surface area contributed by atoms with Gasteiger partial charge in [0, 0.05) is 5.38 Å². The van der Waals surface area contributed by atoms with Crippen LogP contribution < -0.4 is 5.73 Å². The first-order valence-corrected chi connectivity index (χ1v) is 2.80. The number of nitrogens with two attached hydrogens (primary N) is 1. The number of nitrogens with zero attached hydrogens (tertiary/aromatic N) is 1. The summed E-state index contributed by atoms with van der Waals surface area (Å²) >= 11 is 1.19. The molecule has 0 atom stereocenters. The van der Waals surface area contributed by atoms with E-state index in [-0.39, 0.29) is 0 Å². The summed E-state index contributed by atoms with van der Waals surface area (Å²) in [6, 6.07) is 0. The van der Waals surface area contributed by atoms with E-state index in [1.165, 1.54) is 11.3 Å². The second-order valence-corrected chi connectivity index (χ2v) is 2.00. The number of hydrogen-bond acceptors (Lipinski definition) is 3. The number of aromatic nitrogens is 1. The largest absolute Gasteiger partial charge is 0.364 e. The molecule has 4 heteroatoms. The minimum atomic E-state index is -0.490. The number of rotatable bonds is 1. The van der Waals surface area contributed by atoms with Gasteiger partial charge in [-0.1, -0.05) is 0 Å². The summed E-state index contributed by atoms with van der Waals surface area (Å²) in [5.41, 5.74) is 4.85. The fourth-order valence-electron chi connectivity index (χ4n) is 0.307. The predicted molar refractivity (Wildman–Crippen MR) is 29.5 cm³/mol. The monoisotopic (exact) mass is 127 g/mol. The van der Waals surface area contributed by atoms with Crippen LogP contribution in [0.1, 0.15) is 9.80 Å². The highest BCUT2D eigenvalue weighted by Crippen LogP contribution is 1.99. The Bertz CT molecular complexity index is 182. The van der Waals surface area contributed by atoms with Crippen molar-refractivity contribution < 1.29 is 4.79 Å². The maximum atomic E-state index is 10.2. The highest BCUT2D eigenvalue weighted by Gasteiger charge is 1.99. The molecule has 0 aliphatic carbocycles. The van der Waals surface area contributed by atoms with Crippen molar-refractivity contribution in [3.8, 4) is 0 Å². The summed E-state index contributed by atoms with van der Waals surface area (Å²) in [7, 11) is 0. The molecular formula is C4H3N2OS. The quantitative estimate of drug-likeness (QED) is 0.579. The first-order chi connectivity index (χ1) is 3.80. The molecule has 0 unspecified atom stereocenters. The van der Waals surface area contributed by atoms with E-state index < -0.39 is 5.91 Å². The lowest BCUT2D eigenvalue weighted by Gasteiger charge is -1.78. The number of carbonyl (C=O) groups excluding carboxylic acids is 1. The Kier molecular flexibility index (Phi) is 1.26. The van der Waals surface area contributed by atoms with E-state index in [1.807, 2.05) is 0 Å². The van der Waals surface area contributed by atoms with Gasteiger partial charge in [-0.05, 0) is 0 Å². The minimum absolute atomic E-state index is 0.310. The van der Waals surface area contributed by atoms with Gasteiger partial charge in [-0.15, -0.1) is 11.3 Å². The lowest BCUT2D eigenvalue weighted by molar-refractivity contribution is 0.1000. The maximum Gasteiger partial charge on any atom is 0.277 e. The van der Waals surface area contributed by atoms with Crippen LogP contribution in [0.3, 0.4) is 0 Å². The van der Waals surface area contributed by atoms with Crippen molar-refractivity contribution in [2.45, 2.75) is 0 Å². The zero-order chi connectivity index (χ0) is 5.98. The molecule has 0 spiro atoms. The van der Waals surface area contributed by atoms with Crippen molar-refractivity contribution in [1.29, 1.82) is 0 Å². The molecule has 1 aromatic heterocycles. The fraction of sp³-hybridized carbons (Fsp3) is 0. The van der Waals surface area contributed by atoms with Gasteiger partial charge in [-0.25, -0.2) is 4.98 Å². The molecule has 0 aromatic carbocycles. The third-order valence-electron chi connectivity index (χ3n) is 0.600. The summed E-state index contributed by atoms with van der Waals surface area (Å²) in [6.45, 7) is 0. The Labute approximate surface area is 50.2 Å². The molecule has 2 N–H and O–H groups in total. The number of thiazole rings is 1. The van der Waals surface area contributed by atoms with Crippen LogP contribution in [0, 0.1) is 6.20 Å². The van der Waals surface area contributed by atoms with Crippen LogP contribution in [0.2, 0.25) is 0 Å². The topological polar surface area (TPSA) is 56.0 Å². The van der Waals surface area contributed by atoms with E-state index in [1.54, 1.807) is 5.38 Å². The molecule has 1 aromatic rings. The molecule has 1 rings (SSSR count). The van der Waals surface area contributed by atoms with Gasteiger partial charge in [0.25, 0.3) is 5.91 Å². The Balaban J connectivity index is 2.93. The van der Waals surface area contributed by atoms with E-state index in [0.29, 0.717) is 5.01 Å². The second kappa shape index (κ2) is 1.92. The number of primary amides is 1. The van der Waals surface area contributed by atoms with Crippen LogP contribution in [0.5, 0.6) is 0 Å². The lowest BCUT2D eigenvalue weighted by Crippen LogP contribution is -2.09. The van der Waals surface area contributed by atoms with Gasteiger partial charge >= 0.3 is 0 Å². The van der Waals surface area contributed by atoms with Crippen molar-refractivity contribution in [3.05, 3.63) is 16.6 Å². The van der Waals surface area contributed by atoms with Crippen molar-refractivity contribution in [1.82, 2.24) is 4.98 Å². The van der Waals surface area contributed by atoms with Gasteiger partial charge in [-0.3, -0.25) is 4.79 Å². The predicted octanol–water partition coefficient (Wildman–Crippen LogP) is 0.0422. The summed E-state index contributed by atoms with van der Waals surface area (Å²) in [5.74, 6) is -0.490. The highest BCUT2D eigenvalue weighted by molar-refractivity contribution is 7.11. The molecule has 0 aliphatic heterocycles. The third kappa shape index (κ3) is 0.840. The SMILES string of the molecule is NC(=O)c1n[c]cs1. The molecule has 0 fully saturated rings. The Morgan fingerprint density at radius 1 is 2.00 bits per heavy atom. The second-order valence-electron chi connectivity index (χ2n) is 1.15. The van der Waals surface area contributed by atoms with E-state index >= 15 is 0 Å². The molecule has 8 heavy (non-hydrogen) atoms. The Morgan fingerprint density at radius 3 is 3.00 bits per heavy atom. The van der Waals surface area contributed by atoms with Crippen LogP contribution in [0.15, 0.2) is 5.38 Å². The maximum absolute atomic E-state index is 10.2. The highest BCUT2D eigenvalue weighted by atomic mass is 32.1. The standard InChI is InChI=1S/C4H3N2OS/c5-3(7)4-6-1-2-8-4/h2H,(H2,5,7). The fourth-order valence-corrected chi connectivity index (χ4v) is 0.745. The smallest absolute Gasteiger partial charge is 0.277 e. The molecule has 0 saturated heterocycles. The molecule has 0 bridgehead atoms. The van der Waals surface area contributed by atoms with E-state index in [4.69, 9.17) is 5.73 Å². The molecule has 41 valence electrons. The van der Waals surface area contributed by atoms with Gasteiger partial charge in [0.05, 0.1) is 0 Å². The van der Waals surface area contributed by atoms with Gasteiger partial charge < -0.3 is 5.73 Å². The summed E-state index contributed by atoms with van der Waals surface area (Å²) in [5, 5.41) is 1.89. The summed E-state index contributed by atoms with van der Waals surface area (Å²) < 4.78 is 0. The van der Waals surface area contributed by atoms with E-state index in [0.717, 1.165) is 0 Å². The van der Waals surface area contributed by atoms with Gasteiger partial charge in [-0.2, -0.15) is 0 Å². The van der Waals surface area contributed by atoms with E-state index in [9.17, 15) is 4.79 Å². The summed E-state index contributed by atoms with van der Waals surface area (Å²) in [6.07, 6.45) is 2.48. The Hall–Kier alpha value is -0.900. The first kappa shape index (κ1) is 5.24. The van der Waals surface area contributed by atoms with Gasteiger partial charge in [0.15, 0.2) is 5.01 Å². The van der Waals surface area contributed by atoms with Gasteiger partial charge in [0.2, 0.25) is 0 Å². The molecule has 1 heterocycles. The zero-order valence-electron chi connectivity index (χ0n) is 3.92.